The Balaban J connectivity index is 1.80. The van der Waals surface area contributed by atoms with Crippen molar-refractivity contribution in [3.63, 3.8) is 0 Å². The lowest BCUT2D eigenvalue weighted by Crippen LogP contribution is -2.23. The second-order valence-electron chi connectivity index (χ2n) is 12.4. The fraction of sp³-hybridized carbons (Fsp3) is 0.763. The van der Waals surface area contributed by atoms with E-state index in [4.69, 9.17) is 14.2 Å². The van der Waals surface area contributed by atoms with E-state index < -0.39 is 6.10 Å². The van der Waals surface area contributed by atoms with Gasteiger partial charge in [-0.05, 0) is 24.1 Å². The van der Waals surface area contributed by atoms with Gasteiger partial charge in [0.25, 0.3) is 0 Å². The minimum atomic E-state index is -0.845. The monoisotopic (exact) mass is 618 g/mol. The number of esters is 1. The molecule has 1 unspecified atom stereocenters. The molecule has 0 spiro atoms. The molecule has 0 amide bonds. The fourth-order valence-corrected chi connectivity index (χ4v) is 5.45. The molecule has 6 heteroatoms. The van der Waals surface area contributed by atoms with E-state index in [2.05, 4.69) is 6.92 Å². The molecule has 0 saturated carbocycles. The van der Waals surface area contributed by atoms with Gasteiger partial charge in [-0.2, -0.15) is 0 Å². The maximum Gasteiger partial charge on any atom is 0.305 e. The number of carbonyl (C=O) groups is 1. The minimum absolute atomic E-state index is 0.0474. The SMILES string of the molecule is CCCCCCCCCCCCCCCCCCCCCCCCC(=O)OCC(O)COCC=Cc1ccc(OC)c(O)c1. The van der Waals surface area contributed by atoms with Gasteiger partial charge >= 0.3 is 5.97 Å². The van der Waals surface area contributed by atoms with E-state index in [0.29, 0.717) is 18.8 Å². The lowest BCUT2D eigenvalue weighted by atomic mass is 10.0. The number of aliphatic hydroxyl groups excluding tert-OH is 1. The van der Waals surface area contributed by atoms with Gasteiger partial charge in [0.1, 0.15) is 12.7 Å². The summed E-state index contributed by atoms with van der Waals surface area (Å²) in [6.45, 7) is 2.63. The molecule has 0 bridgehead atoms. The Morgan fingerprint density at radius 2 is 1.20 bits per heavy atom. The summed E-state index contributed by atoms with van der Waals surface area (Å²) in [4.78, 5) is 11.9. The summed E-state index contributed by atoms with van der Waals surface area (Å²) >= 11 is 0. The third-order valence-electron chi connectivity index (χ3n) is 8.21. The number of hydrogen-bond acceptors (Lipinski definition) is 6. The number of ether oxygens (including phenoxy) is 3. The Kier molecular flexibility index (Phi) is 26.9. The summed E-state index contributed by atoms with van der Waals surface area (Å²) in [6.07, 6.45) is 32.8. The van der Waals surface area contributed by atoms with Crippen LogP contribution in [0.4, 0.5) is 0 Å². The molecule has 1 rings (SSSR count). The van der Waals surface area contributed by atoms with Crippen LogP contribution in [-0.2, 0) is 14.3 Å². The van der Waals surface area contributed by atoms with Crippen molar-refractivity contribution in [3.05, 3.63) is 29.8 Å². The zero-order chi connectivity index (χ0) is 31.9. The quantitative estimate of drug-likeness (QED) is 0.0636. The number of phenolic OH excluding ortho intramolecular Hbond substituents is 1. The molecule has 0 aliphatic carbocycles. The van der Waals surface area contributed by atoms with Crippen molar-refractivity contribution < 1.29 is 29.2 Å². The van der Waals surface area contributed by atoms with Gasteiger partial charge in [-0.15, -0.1) is 0 Å². The third-order valence-corrected chi connectivity index (χ3v) is 8.21. The first kappa shape index (κ1) is 40.0. The highest BCUT2D eigenvalue weighted by Gasteiger charge is 2.09. The van der Waals surface area contributed by atoms with Crippen LogP contribution in [-0.4, -0.2) is 49.2 Å². The number of unbranched alkanes of at least 4 members (excludes halogenated alkanes) is 21. The Morgan fingerprint density at radius 1 is 0.727 bits per heavy atom. The van der Waals surface area contributed by atoms with E-state index in [9.17, 15) is 15.0 Å². The molecule has 0 aliphatic heterocycles. The van der Waals surface area contributed by atoms with E-state index >= 15 is 0 Å². The van der Waals surface area contributed by atoms with E-state index in [0.717, 1.165) is 18.4 Å². The molecule has 2 N–H and O–H groups in total. The van der Waals surface area contributed by atoms with Gasteiger partial charge in [-0.25, -0.2) is 0 Å². The molecule has 0 aromatic heterocycles. The Labute approximate surface area is 270 Å². The summed E-state index contributed by atoms with van der Waals surface area (Å²) in [5, 5.41) is 19.8. The zero-order valence-electron chi connectivity index (χ0n) is 28.4. The number of aliphatic hydroxyl groups is 1. The molecular formula is C38H66O6. The summed E-state index contributed by atoms with van der Waals surface area (Å²) in [6, 6.07) is 5.12. The van der Waals surface area contributed by atoms with Gasteiger partial charge in [-0.3, -0.25) is 4.79 Å². The van der Waals surface area contributed by atoms with Crippen molar-refractivity contribution in [3.8, 4) is 11.5 Å². The molecule has 1 aromatic rings. The van der Waals surface area contributed by atoms with Crippen LogP contribution in [0, 0.1) is 0 Å². The minimum Gasteiger partial charge on any atom is -0.504 e. The van der Waals surface area contributed by atoms with E-state index in [1.54, 1.807) is 18.2 Å². The number of benzene rings is 1. The van der Waals surface area contributed by atoms with Crippen molar-refractivity contribution in [1.29, 1.82) is 0 Å². The first-order valence-electron chi connectivity index (χ1n) is 18.0. The number of carbonyl (C=O) groups excluding carboxylic acids is 1. The predicted octanol–water partition coefficient (Wildman–Crippen LogP) is 10.3. The van der Waals surface area contributed by atoms with E-state index in [-0.39, 0.29) is 24.9 Å². The van der Waals surface area contributed by atoms with E-state index in [1.807, 2.05) is 12.1 Å². The lowest BCUT2D eigenvalue weighted by Gasteiger charge is -2.11. The van der Waals surface area contributed by atoms with Gasteiger partial charge in [0.05, 0.1) is 20.3 Å². The average Bonchev–Trinajstić information content (AvgIpc) is 3.02. The normalized spacial score (nSPS) is 12.2. The molecule has 1 aromatic carbocycles. The first-order chi connectivity index (χ1) is 21.6. The summed E-state index contributed by atoms with van der Waals surface area (Å²) < 4.78 is 15.6. The highest BCUT2D eigenvalue weighted by molar-refractivity contribution is 5.69. The van der Waals surface area contributed by atoms with Crippen LogP contribution in [0.2, 0.25) is 0 Å². The summed E-state index contributed by atoms with van der Waals surface area (Å²) in [7, 11) is 1.50. The number of aromatic hydroxyl groups is 1. The maximum atomic E-state index is 11.9. The number of methoxy groups -OCH3 is 1. The first-order valence-corrected chi connectivity index (χ1v) is 18.0. The van der Waals surface area contributed by atoms with Crippen LogP contribution in [0.15, 0.2) is 24.3 Å². The molecule has 44 heavy (non-hydrogen) atoms. The molecule has 0 radical (unpaired) electrons. The third kappa shape index (κ3) is 24.3. The largest absolute Gasteiger partial charge is 0.504 e. The maximum absolute atomic E-state index is 11.9. The molecule has 0 heterocycles. The van der Waals surface area contributed by atoms with E-state index in [1.165, 1.54) is 136 Å². The van der Waals surface area contributed by atoms with Gasteiger partial charge in [0.2, 0.25) is 0 Å². The van der Waals surface area contributed by atoms with Crippen LogP contribution in [0.5, 0.6) is 11.5 Å². The summed E-state index contributed by atoms with van der Waals surface area (Å²) in [5.41, 5.74) is 0.816. The number of hydrogen-bond donors (Lipinski definition) is 2. The van der Waals surface area contributed by atoms with Crippen LogP contribution >= 0.6 is 0 Å². The molecule has 0 saturated heterocycles. The van der Waals surface area contributed by atoms with Crippen molar-refractivity contribution in [2.24, 2.45) is 0 Å². The molecule has 0 aliphatic rings. The van der Waals surface area contributed by atoms with Crippen LogP contribution in [0.1, 0.15) is 160 Å². The van der Waals surface area contributed by atoms with Crippen molar-refractivity contribution in [2.75, 3.05) is 26.9 Å². The van der Waals surface area contributed by atoms with Crippen molar-refractivity contribution in [1.82, 2.24) is 0 Å². The topological polar surface area (TPSA) is 85.2 Å². The van der Waals surface area contributed by atoms with Gasteiger partial charge in [0, 0.05) is 6.42 Å². The van der Waals surface area contributed by atoms with Crippen molar-refractivity contribution >= 4 is 12.0 Å². The smallest absolute Gasteiger partial charge is 0.305 e. The fourth-order valence-electron chi connectivity index (χ4n) is 5.45. The van der Waals surface area contributed by atoms with Gasteiger partial charge in [-0.1, -0.05) is 160 Å². The van der Waals surface area contributed by atoms with Gasteiger partial charge in [0.15, 0.2) is 11.5 Å². The standard InChI is InChI=1S/C38H66O6/c1-3-4-5-6-7-8-9-10-11-12-13-14-15-16-17-18-19-20-21-22-23-24-27-38(41)44-33-35(39)32-43-30-25-26-34-28-29-37(42-2)36(40)31-34/h25-26,28-29,31,35,39-40H,3-24,27,30,32-33H2,1-2H3. The molecular weight excluding hydrogens is 552 g/mol. The Hall–Kier alpha value is -2.05. The highest BCUT2D eigenvalue weighted by atomic mass is 16.5. The lowest BCUT2D eigenvalue weighted by molar-refractivity contribution is -0.147. The molecule has 0 fully saturated rings. The average molecular weight is 619 g/mol. The molecule has 6 nitrogen and oxygen atoms in total. The Bertz CT molecular complexity index is 824. The Morgan fingerprint density at radius 3 is 1.66 bits per heavy atom. The molecule has 254 valence electrons. The second kappa shape index (κ2) is 29.6. The number of rotatable bonds is 31. The van der Waals surface area contributed by atoms with Crippen molar-refractivity contribution in [2.45, 2.75) is 161 Å². The van der Waals surface area contributed by atoms with Crippen LogP contribution in [0.25, 0.3) is 6.08 Å². The molecule has 1 atom stereocenters. The second-order valence-corrected chi connectivity index (χ2v) is 12.4. The highest BCUT2D eigenvalue weighted by Crippen LogP contribution is 2.26. The van der Waals surface area contributed by atoms with Crippen LogP contribution in [0.3, 0.4) is 0 Å². The van der Waals surface area contributed by atoms with Crippen LogP contribution < -0.4 is 4.74 Å². The summed E-state index contributed by atoms with van der Waals surface area (Å²) in [5.74, 6) is 0.247. The number of phenols is 1. The predicted molar refractivity (Wildman–Crippen MR) is 183 cm³/mol. The zero-order valence-corrected chi connectivity index (χ0v) is 28.4. The van der Waals surface area contributed by atoms with Gasteiger partial charge < -0.3 is 24.4 Å².